The number of nitrogens with one attached hydrogen (secondary N) is 1. The molecule has 1 amide bonds. The number of benzene rings is 2. The first kappa shape index (κ1) is 14.0. The number of ketones is 1. The smallest absolute Gasteiger partial charge is 0.292 e. The van der Waals surface area contributed by atoms with Gasteiger partial charge >= 0.3 is 0 Å². The molecule has 0 bridgehead atoms. The van der Waals surface area contributed by atoms with Gasteiger partial charge in [0, 0.05) is 12.1 Å². The van der Waals surface area contributed by atoms with Gasteiger partial charge in [-0.1, -0.05) is 54.1 Å². The largest absolute Gasteiger partial charge is 0.345 e. The van der Waals surface area contributed by atoms with E-state index in [0.29, 0.717) is 12.1 Å². The van der Waals surface area contributed by atoms with E-state index < -0.39 is 11.7 Å². The van der Waals surface area contributed by atoms with Crippen molar-refractivity contribution in [3.8, 4) is 0 Å². The normalized spacial score (nSPS) is 10.1. The molecule has 0 saturated carbocycles. The number of hydrogen-bond donors (Lipinski definition) is 1. The Kier molecular flexibility index (Phi) is 4.31. The van der Waals surface area contributed by atoms with Gasteiger partial charge in [0.2, 0.25) is 5.78 Å². The highest BCUT2D eigenvalue weighted by Gasteiger charge is 2.17. The standard InChI is InChI=1S/C17H17NO2/c1-12-8-9-15(13(2)10-12)16(19)17(20)18-11-14-6-4-3-5-7-14/h3-10H,11H2,1-2H3,(H,18,20). The predicted octanol–water partition coefficient (Wildman–Crippen LogP) is 2.80. The first-order valence-electron chi connectivity index (χ1n) is 6.51. The van der Waals surface area contributed by atoms with Crippen LogP contribution in [0.2, 0.25) is 0 Å². The summed E-state index contributed by atoms with van der Waals surface area (Å²) in [6.45, 7) is 4.15. The minimum Gasteiger partial charge on any atom is -0.345 e. The number of amides is 1. The van der Waals surface area contributed by atoms with Gasteiger partial charge in [-0.15, -0.1) is 0 Å². The number of rotatable bonds is 4. The first-order valence-corrected chi connectivity index (χ1v) is 6.51. The molecule has 3 nitrogen and oxygen atoms in total. The Morgan fingerprint density at radius 2 is 1.70 bits per heavy atom. The van der Waals surface area contributed by atoms with Crippen molar-refractivity contribution in [2.75, 3.05) is 0 Å². The molecule has 0 aliphatic carbocycles. The average molecular weight is 267 g/mol. The van der Waals surface area contributed by atoms with Crippen LogP contribution in [0.25, 0.3) is 0 Å². The molecule has 2 aromatic carbocycles. The Labute approximate surface area is 118 Å². The Hall–Kier alpha value is -2.42. The van der Waals surface area contributed by atoms with Crippen molar-refractivity contribution < 1.29 is 9.59 Å². The first-order chi connectivity index (χ1) is 9.58. The van der Waals surface area contributed by atoms with Crippen molar-refractivity contribution in [1.82, 2.24) is 5.32 Å². The molecule has 0 aromatic heterocycles. The summed E-state index contributed by atoms with van der Waals surface area (Å²) >= 11 is 0. The topological polar surface area (TPSA) is 46.2 Å². The maximum atomic E-state index is 12.1. The van der Waals surface area contributed by atoms with E-state index in [1.807, 2.05) is 56.3 Å². The molecule has 0 fully saturated rings. The molecule has 20 heavy (non-hydrogen) atoms. The summed E-state index contributed by atoms with van der Waals surface area (Å²) in [7, 11) is 0. The van der Waals surface area contributed by atoms with E-state index >= 15 is 0 Å². The molecule has 0 saturated heterocycles. The second-order valence-electron chi connectivity index (χ2n) is 4.82. The van der Waals surface area contributed by atoms with E-state index in [4.69, 9.17) is 0 Å². The Balaban J connectivity index is 2.04. The third-order valence-electron chi connectivity index (χ3n) is 3.13. The van der Waals surface area contributed by atoms with Crippen LogP contribution in [0.5, 0.6) is 0 Å². The summed E-state index contributed by atoms with van der Waals surface area (Å²) in [5.41, 5.74) is 3.32. The van der Waals surface area contributed by atoms with Crippen LogP contribution in [0.15, 0.2) is 48.5 Å². The van der Waals surface area contributed by atoms with Crippen molar-refractivity contribution in [2.45, 2.75) is 20.4 Å². The summed E-state index contributed by atoms with van der Waals surface area (Å²) in [6.07, 6.45) is 0. The molecule has 0 radical (unpaired) electrons. The van der Waals surface area contributed by atoms with Crippen LogP contribution in [-0.2, 0) is 11.3 Å². The minimum atomic E-state index is -0.569. The summed E-state index contributed by atoms with van der Waals surface area (Å²) in [4.78, 5) is 24.0. The minimum absolute atomic E-state index is 0.357. The van der Waals surface area contributed by atoms with E-state index in [9.17, 15) is 9.59 Å². The van der Waals surface area contributed by atoms with E-state index in [-0.39, 0.29) is 0 Å². The fourth-order valence-electron chi connectivity index (χ4n) is 2.05. The lowest BCUT2D eigenvalue weighted by molar-refractivity contribution is -0.117. The third kappa shape index (κ3) is 3.32. The lowest BCUT2D eigenvalue weighted by Crippen LogP contribution is -2.31. The molecule has 0 unspecified atom stereocenters. The van der Waals surface area contributed by atoms with Crippen LogP contribution in [0, 0.1) is 13.8 Å². The van der Waals surface area contributed by atoms with Crippen LogP contribution in [-0.4, -0.2) is 11.7 Å². The van der Waals surface area contributed by atoms with Gasteiger partial charge in [0.25, 0.3) is 5.91 Å². The number of carbonyl (C=O) groups is 2. The predicted molar refractivity (Wildman–Crippen MR) is 78.5 cm³/mol. The van der Waals surface area contributed by atoms with Gasteiger partial charge in [-0.25, -0.2) is 0 Å². The molecule has 2 rings (SSSR count). The van der Waals surface area contributed by atoms with Crippen molar-refractivity contribution in [1.29, 1.82) is 0 Å². The molecule has 1 N–H and O–H groups in total. The highest BCUT2D eigenvalue weighted by molar-refractivity contribution is 6.43. The lowest BCUT2D eigenvalue weighted by atomic mass is 10.0. The number of Topliss-reactive ketones (excluding diaryl/α,β-unsaturated/α-hetero) is 1. The number of aryl methyl sites for hydroxylation is 2. The van der Waals surface area contributed by atoms with E-state index in [0.717, 1.165) is 16.7 Å². The number of hydrogen-bond acceptors (Lipinski definition) is 2. The second kappa shape index (κ2) is 6.15. The fourth-order valence-corrected chi connectivity index (χ4v) is 2.05. The van der Waals surface area contributed by atoms with Gasteiger partial charge in [0.05, 0.1) is 0 Å². The van der Waals surface area contributed by atoms with Crippen LogP contribution in [0.4, 0.5) is 0 Å². The maximum absolute atomic E-state index is 12.1. The zero-order valence-electron chi connectivity index (χ0n) is 11.6. The summed E-state index contributed by atoms with van der Waals surface area (Å²) in [6, 6.07) is 15.0. The molecule has 0 aliphatic heterocycles. The van der Waals surface area contributed by atoms with E-state index in [1.54, 1.807) is 6.07 Å². The van der Waals surface area contributed by atoms with Crippen molar-refractivity contribution in [3.05, 3.63) is 70.8 Å². The van der Waals surface area contributed by atoms with Crippen LogP contribution >= 0.6 is 0 Å². The van der Waals surface area contributed by atoms with Gasteiger partial charge in [0.1, 0.15) is 0 Å². The zero-order valence-corrected chi connectivity index (χ0v) is 11.6. The second-order valence-corrected chi connectivity index (χ2v) is 4.82. The van der Waals surface area contributed by atoms with Gasteiger partial charge in [-0.2, -0.15) is 0 Å². The monoisotopic (exact) mass is 267 g/mol. The molecular formula is C17H17NO2. The molecule has 0 aliphatic rings. The third-order valence-corrected chi connectivity index (χ3v) is 3.13. The van der Waals surface area contributed by atoms with Crippen molar-refractivity contribution in [3.63, 3.8) is 0 Å². The molecular weight excluding hydrogens is 250 g/mol. The summed E-state index contributed by atoms with van der Waals surface area (Å²) in [5.74, 6) is -1.06. The maximum Gasteiger partial charge on any atom is 0.292 e. The molecule has 0 spiro atoms. The lowest BCUT2D eigenvalue weighted by Gasteiger charge is -2.07. The molecule has 102 valence electrons. The summed E-state index contributed by atoms with van der Waals surface area (Å²) < 4.78 is 0. The van der Waals surface area contributed by atoms with Crippen LogP contribution in [0.1, 0.15) is 27.0 Å². The van der Waals surface area contributed by atoms with E-state index in [2.05, 4.69) is 5.32 Å². The van der Waals surface area contributed by atoms with Crippen LogP contribution in [0.3, 0.4) is 0 Å². The Bertz CT molecular complexity index is 633. The zero-order chi connectivity index (χ0) is 14.5. The Morgan fingerprint density at radius 3 is 2.35 bits per heavy atom. The molecule has 0 atom stereocenters. The van der Waals surface area contributed by atoms with Gasteiger partial charge < -0.3 is 5.32 Å². The molecule has 3 heteroatoms. The number of carbonyl (C=O) groups excluding carboxylic acids is 2. The fraction of sp³-hybridized carbons (Fsp3) is 0.176. The van der Waals surface area contributed by atoms with Gasteiger partial charge in [-0.05, 0) is 25.0 Å². The van der Waals surface area contributed by atoms with Gasteiger partial charge in [0.15, 0.2) is 0 Å². The van der Waals surface area contributed by atoms with Crippen LogP contribution < -0.4 is 5.32 Å². The van der Waals surface area contributed by atoms with Gasteiger partial charge in [-0.3, -0.25) is 9.59 Å². The van der Waals surface area contributed by atoms with Crippen molar-refractivity contribution >= 4 is 11.7 Å². The van der Waals surface area contributed by atoms with Crippen molar-refractivity contribution in [2.24, 2.45) is 0 Å². The highest BCUT2D eigenvalue weighted by atomic mass is 16.2. The SMILES string of the molecule is Cc1ccc(C(=O)C(=O)NCc2ccccc2)c(C)c1. The molecule has 2 aromatic rings. The van der Waals surface area contributed by atoms with E-state index in [1.165, 1.54) is 0 Å². The summed E-state index contributed by atoms with van der Waals surface area (Å²) in [5, 5.41) is 2.65. The quantitative estimate of drug-likeness (QED) is 0.684. The molecule has 0 heterocycles. The average Bonchev–Trinajstić information content (AvgIpc) is 2.45. The Morgan fingerprint density at radius 1 is 1.00 bits per heavy atom. The highest BCUT2D eigenvalue weighted by Crippen LogP contribution is 2.11.